The van der Waals surface area contributed by atoms with Crippen molar-refractivity contribution in [1.29, 1.82) is 0 Å². The Morgan fingerprint density at radius 3 is 2.12 bits per heavy atom. The van der Waals surface area contributed by atoms with Gasteiger partial charge in [-0.05, 0) is 22.9 Å². The molecule has 0 saturated heterocycles. The summed E-state index contributed by atoms with van der Waals surface area (Å²) in [6.45, 7) is 0.466. The van der Waals surface area contributed by atoms with Crippen LogP contribution in [0, 0.1) is 0 Å². The molecule has 0 N–H and O–H groups in total. The van der Waals surface area contributed by atoms with Gasteiger partial charge in [0.25, 0.3) is 0 Å². The first-order valence-electron chi connectivity index (χ1n) is 4.51. The maximum atomic E-state index is 12.4. The van der Waals surface area contributed by atoms with Crippen LogP contribution in [0.4, 0.5) is 26.3 Å². The van der Waals surface area contributed by atoms with Crippen LogP contribution in [-0.4, -0.2) is 29.8 Å². The van der Waals surface area contributed by atoms with Crippen LogP contribution < -0.4 is 0 Å². The first-order chi connectivity index (χ1) is 7.53. The monoisotopic (exact) mass is 323 g/mol. The van der Waals surface area contributed by atoms with Crippen LogP contribution in [0.5, 0.6) is 0 Å². The van der Waals surface area contributed by atoms with E-state index in [9.17, 15) is 26.3 Å². The van der Waals surface area contributed by atoms with Gasteiger partial charge in [-0.3, -0.25) is 0 Å². The molecule has 0 aromatic heterocycles. The quantitative estimate of drug-likeness (QED) is 0.660. The fraction of sp³-hybridized carbons (Fsp3) is 0.556. The van der Waals surface area contributed by atoms with Crippen molar-refractivity contribution in [2.75, 3.05) is 6.54 Å². The molecule has 1 atom stereocenters. The molecule has 1 aliphatic rings. The molecule has 0 aromatic carbocycles. The van der Waals surface area contributed by atoms with Gasteiger partial charge >= 0.3 is 12.4 Å². The Morgan fingerprint density at radius 2 is 1.76 bits per heavy atom. The molecular weight excluding hydrogens is 316 g/mol. The minimum atomic E-state index is -4.57. The second kappa shape index (κ2) is 4.55. The van der Waals surface area contributed by atoms with Gasteiger partial charge in [-0.25, -0.2) is 0 Å². The van der Waals surface area contributed by atoms with E-state index in [4.69, 9.17) is 0 Å². The highest BCUT2D eigenvalue weighted by molar-refractivity contribution is 9.12. The second-order valence-corrected chi connectivity index (χ2v) is 4.36. The van der Waals surface area contributed by atoms with Crippen molar-refractivity contribution < 1.29 is 26.3 Å². The highest BCUT2D eigenvalue weighted by atomic mass is 79.9. The van der Waals surface area contributed by atoms with Crippen LogP contribution in [-0.2, 0) is 0 Å². The van der Waals surface area contributed by atoms with E-state index in [0.717, 1.165) is 24.1 Å². The Labute approximate surface area is 102 Å². The molecule has 0 aliphatic carbocycles. The zero-order valence-corrected chi connectivity index (χ0v) is 10.1. The van der Waals surface area contributed by atoms with Gasteiger partial charge in [0.1, 0.15) is 6.04 Å². The Morgan fingerprint density at radius 1 is 1.24 bits per heavy atom. The molecule has 0 unspecified atom stereocenters. The van der Waals surface area contributed by atoms with Gasteiger partial charge in [-0.15, -0.1) is 0 Å². The molecule has 0 aromatic rings. The molecule has 0 fully saturated rings. The van der Waals surface area contributed by atoms with E-state index in [1.165, 1.54) is 0 Å². The zero-order chi connectivity index (χ0) is 13.4. The van der Waals surface area contributed by atoms with E-state index in [2.05, 4.69) is 15.9 Å². The number of hydrogen-bond donors (Lipinski definition) is 0. The van der Waals surface area contributed by atoms with E-state index in [1.807, 2.05) is 0 Å². The van der Waals surface area contributed by atoms with Crippen LogP contribution in [0.2, 0.25) is 0 Å². The SMILES string of the molecule is C[C@H](N1C=C(Br)C(C(F)(F)F)=CC1)C(F)(F)F. The molecular formula is C9H8BrF6N. The lowest BCUT2D eigenvalue weighted by Gasteiger charge is -2.32. The van der Waals surface area contributed by atoms with Crippen molar-refractivity contribution in [3.8, 4) is 0 Å². The lowest BCUT2D eigenvalue weighted by atomic mass is 10.1. The summed E-state index contributed by atoms with van der Waals surface area (Å²) in [6, 6.07) is -1.83. The van der Waals surface area contributed by atoms with Crippen molar-refractivity contribution in [2.24, 2.45) is 0 Å². The molecule has 0 amide bonds. The summed E-state index contributed by atoms with van der Waals surface area (Å²) in [7, 11) is 0. The summed E-state index contributed by atoms with van der Waals surface area (Å²) in [4.78, 5) is 0.791. The molecule has 1 aliphatic heterocycles. The molecule has 0 bridgehead atoms. The maximum Gasteiger partial charge on any atom is 0.417 e. The Kier molecular flexibility index (Phi) is 3.85. The summed E-state index contributed by atoms with van der Waals surface area (Å²) < 4.78 is 73.8. The summed E-state index contributed by atoms with van der Waals surface area (Å²) in [6.07, 6.45) is -7.50. The minimum Gasteiger partial charge on any atom is -0.361 e. The van der Waals surface area contributed by atoms with Gasteiger partial charge in [0.15, 0.2) is 0 Å². The van der Waals surface area contributed by atoms with E-state index in [-0.39, 0.29) is 0 Å². The van der Waals surface area contributed by atoms with E-state index in [0.29, 0.717) is 0 Å². The predicted octanol–water partition coefficient (Wildman–Crippen LogP) is 3.98. The molecule has 17 heavy (non-hydrogen) atoms. The number of alkyl halides is 6. The van der Waals surface area contributed by atoms with E-state index < -0.39 is 35.0 Å². The summed E-state index contributed by atoms with van der Waals surface area (Å²) >= 11 is 2.63. The lowest BCUT2D eigenvalue weighted by Crippen LogP contribution is -2.42. The number of halogens is 7. The molecule has 1 nitrogen and oxygen atoms in total. The first kappa shape index (κ1) is 14.4. The molecule has 1 rings (SSSR count). The number of hydrogen-bond acceptors (Lipinski definition) is 1. The Balaban J connectivity index is 2.87. The highest BCUT2D eigenvalue weighted by Gasteiger charge is 2.42. The number of rotatable bonds is 1. The van der Waals surface area contributed by atoms with Crippen LogP contribution in [0.15, 0.2) is 22.3 Å². The molecule has 0 radical (unpaired) electrons. The smallest absolute Gasteiger partial charge is 0.361 e. The van der Waals surface area contributed by atoms with Gasteiger partial charge < -0.3 is 4.90 Å². The molecule has 1 heterocycles. The van der Waals surface area contributed by atoms with Gasteiger partial charge in [0, 0.05) is 17.2 Å². The Hall–Kier alpha value is -0.660. The first-order valence-corrected chi connectivity index (χ1v) is 5.30. The fourth-order valence-corrected chi connectivity index (χ4v) is 1.92. The molecule has 8 heteroatoms. The lowest BCUT2D eigenvalue weighted by molar-refractivity contribution is -0.171. The number of allylic oxidation sites excluding steroid dienone is 2. The van der Waals surface area contributed by atoms with Gasteiger partial charge in [-0.1, -0.05) is 6.08 Å². The van der Waals surface area contributed by atoms with E-state index >= 15 is 0 Å². The van der Waals surface area contributed by atoms with E-state index in [1.54, 1.807) is 0 Å². The maximum absolute atomic E-state index is 12.4. The third kappa shape index (κ3) is 3.40. The van der Waals surface area contributed by atoms with Crippen molar-refractivity contribution in [2.45, 2.75) is 25.3 Å². The largest absolute Gasteiger partial charge is 0.417 e. The minimum absolute atomic E-state index is 0.396. The predicted molar refractivity (Wildman–Crippen MR) is 53.4 cm³/mol. The van der Waals surface area contributed by atoms with Crippen molar-refractivity contribution in [3.63, 3.8) is 0 Å². The molecule has 0 spiro atoms. The summed E-state index contributed by atoms with van der Waals surface area (Å²) in [5.41, 5.74) is -0.955. The average molecular weight is 324 g/mol. The van der Waals surface area contributed by atoms with Gasteiger partial charge in [-0.2, -0.15) is 26.3 Å². The van der Waals surface area contributed by atoms with Crippen molar-refractivity contribution in [3.05, 3.63) is 22.3 Å². The number of nitrogens with zero attached hydrogens (tertiary/aromatic N) is 1. The average Bonchev–Trinajstić information content (AvgIpc) is 2.12. The van der Waals surface area contributed by atoms with Crippen LogP contribution in [0.25, 0.3) is 0 Å². The third-order valence-corrected chi connectivity index (χ3v) is 2.95. The van der Waals surface area contributed by atoms with Gasteiger partial charge in [0.2, 0.25) is 0 Å². The molecule has 98 valence electrons. The highest BCUT2D eigenvalue weighted by Crippen LogP contribution is 2.37. The normalized spacial score (nSPS) is 19.9. The fourth-order valence-electron chi connectivity index (χ4n) is 1.27. The van der Waals surface area contributed by atoms with Crippen LogP contribution in [0.3, 0.4) is 0 Å². The summed E-state index contributed by atoms with van der Waals surface area (Å²) in [5, 5.41) is 0. The molecule has 0 saturated carbocycles. The second-order valence-electron chi connectivity index (χ2n) is 3.51. The van der Waals surface area contributed by atoms with Crippen molar-refractivity contribution in [1.82, 2.24) is 4.90 Å². The Bertz CT molecular complexity index is 353. The van der Waals surface area contributed by atoms with Gasteiger partial charge in [0.05, 0.1) is 5.57 Å². The third-order valence-electron chi connectivity index (χ3n) is 2.32. The van der Waals surface area contributed by atoms with Crippen LogP contribution >= 0.6 is 15.9 Å². The van der Waals surface area contributed by atoms with Crippen LogP contribution in [0.1, 0.15) is 6.92 Å². The standard InChI is InChI=1S/C9H8BrF6N/c1-5(8(11,12)13)17-3-2-6(7(10)4-17)9(14,15)16/h2,4-5H,3H2,1H3/t5-/m0/s1. The zero-order valence-electron chi connectivity index (χ0n) is 8.53. The summed E-state index contributed by atoms with van der Waals surface area (Å²) in [5.74, 6) is 0. The topological polar surface area (TPSA) is 3.24 Å². The van der Waals surface area contributed by atoms with Crippen molar-refractivity contribution >= 4 is 15.9 Å².